The predicted molar refractivity (Wildman–Crippen MR) is 165 cm³/mol. The van der Waals surface area contributed by atoms with Crippen LogP contribution in [0.5, 0.6) is 11.5 Å². The number of likely N-dealkylation sites (tertiary alicyclic amines) is 1. The first-order valence-electron chi connectivity index (χ1n) is 14.2. The molecule has 0 unspecified atom stereocenters. The Morgan fingerprint density at radius 3 is 2.33 bits per heavy atom. The lowest BCUT2D eigenvalue weighted by molar-refractivity contribution is -0.119. The monoisotopic (exact) mass is 560 g/mol. The molecule has 1 saturated heterocycles. The number of rotatable bonds is 8. The van der Waals surface area contributed by atoms with E-state index >= 15 is 0 Å². The van der Waals surface area contributed by atoms with Crippen LogP contribution < -0.4 is 10.1 Å². The van der Waals surface area contributed by atoms with Crippen molar-refractivity contribution in [2.45, 2.75) is 32.9 Å². The number of aromatic nitrogens is 1. The van der Waals surface area contributed by atoms with Gasteiger partial charge in [-0.3, -0.25) is 9.59 Å². The highest BCUT2D eigenvalue weighted by atomic mass is 16.6. The van der Waals surface area contributed by atoms with Gasteiger partial charge in [-0.15, -0.1) is 0 Å². The molecule has 0 radical (unpaired) electrons. The quantitative estimate of drug-likeness (QED) is 0.210. The molecule has 1 aromatic heterocycles. The van der Waals surface area contributed by atoms with E-state index in [2.05, 4.69) is 34.1 Å². The van der Waals surface area contributed by atoms with Gasteiger partial charge in [0.05, 0.1) is 12.3 Å². The maximum absolute atomic E-state index is 13.7. The first kappa shape index (κ1) is 27.1. The molecule has 0 bridgehead atoms. The number of oxime groups is 1. The highest BCUT2D eigenvalue weighted by Crippen LogP contribution is 2.31. The number of benzene rings is 4. The van der Waals surface area contributed by atoms with Crippen LogP contribution in [0.15, 0.2) is 102 Å². The van der Waals surface area contributed by atoms with E-state index in [-0.39, 0.29) is 18.4 Å². The molecule has 0 aliphatic carbocycles. The average molecular weight is 561 g/mol. The Morgan fingerprint density at radius 2 is 1.57 bits per heavy atom. The number of ether oxygens (including phenoxy) is 1. The fraction of sp³-hybridized carbons (Fsp3) is 0.206. The molecule has 1 aliphatic heterocycles. The van der Waals surface area contributed by atoms with Gasteiger partial charge >= 0.3 is 0 Å². The molecule has 2 heterocycles. The van der Waals surface area contributed by atoms with Crippen LogP contribution in [0.25, 0.3) is 21.8 Å². The minimum atomic E-state index is -0.732. The molecule has 0 spiro atoms. The lowest BCUT2D eigenvalue weighted by Gasteiger charge is -2.23. The molecule has 1 aliphatic rings. The number of aryl methyl sites for hydroxylation is 1. The molecular weight excluding hydrogens is 528 g/mol. The maximum Gasteiger partial charge on any atom is 0.254 e. The van der Waals surface area contributed by atoms with E-state index in [1.165, 1.54) is 0 Å². The standard InChI is InChI=1S/C34H32N4O4/c1-3-37-30-13-9-8-12-28(30)29-20-24(16-19-31(29)37)35-33(39)32-21-25(36-41-4-2)22-38(32)34(40)23-14-17-27(18-15-23)42-26-10-6-5-7-11-26/h5-20,32H,3-4,21-22H2,1-2H3,(H,35,39)/t32-/m0/s1. The van der Waals surface area contributed by atoms with E-state index in [4.69, 9.17) is 9.57 Å². The summed E-state index contributed by atoms with van der Waals surface area (Å²) in [6.07, 6.45) is 0.296. The highest BCUT2D eigenvalue weighted by molar-refractivity contribution is 6.11. The van der Waals surface area contributed by atoms with Gasteiger partial charge in [0.25, 0.3) is 5.91 Å². The normalized spacial score (nSPS) is 15.8. The number of hydrogen-bond acceptors (Lipinski definition) is 5. The summed E-state index contributed by atoms with van der Waals surface area (Å²) in [5.41, 5.74) is 4.05. The van der Waals surface area contributed by atoms with Gasteiger partial charge in [0.1, 0.15) is 24.1 Å². The van der Waals surface area contributed by atoms with Crippen molar-refractivity contribution in [2.75, 3.05) is 18.5 Å². The van der Waals surface area contributed by atoms with Gasteiger partial charge in [-0.2, -0.15) is 0 Å². The number of fused-ring (bicyclic) bond motifs is 3. The number of nitrogens with zero attached hydrogens (tertiary/aromatic N) is 3. The molecule has 1 fully saturated rings. The summed E-state index contributed by atoms with van der Waals surface area (Å²) in [4.78, 5) is 34.2. The van der Waals surface area contributed by atoms with E-state index in [1.807, 2.05) is 67.6 Å². The molecular formula is C34H32N4O4. The van der Waals surface area contributed by atoms with Crippen LogP contribution >= 0.6 is 0 Å². The van der Waals surface area contributed by atoms with Crippen LogP contribution in [0.2, 0.25) is 0 Å². The summed E-state index contributed by atoms with van der Waals surface area (Å²) in [5.74, 6) is 0.797. The first-order valence-corrected chi connectivity index (χ1v) is 14.2. The third-order valence-corrected chi connectivity index (χ3v) is 7.48. The summed E-state index contributed by atoms with van der Waals surface area (Å²) >= 11 is 0. The molecule has 2 amide bonds. The molecule has 4 aromatic carbocycles. The molecule has 5 aromatic rings. The number of para-hydroxylation sites is 2. The molecule has 6 rings (SSSR count). The lowest BCUT2D eigenvalue weighted by Crippen LogP contribution is -2.43. The van der Waals surface area contributed by atoms with E-state index in [0.717, 1.165) is 28.4 Å². The van der Waals surface area contributed by atoms with Crippen molar-refractivity contribution in [1.82, 2.24) is 9.47 Å². The van der Waals surface area contributed by atoms with Gasteiger partial charge in [-0.05, 0) is 74.5 Å². The Kier molecular flexibility index (Phi) is 7.60. The number of carbonyl (C=O) groups excluding carboxylic acids is 2. The summed E-state index contributed by atoms with van der Waals surface area (Å²) in [6, 6.07) is 29.9. The Hall–Kier alpha value is -5.11. The number of anilines is 1. The Bertz CT molecular complexity index is 1780. The Morgan fingerprint density at radius 1 is 0.857 bits per heavy atom. The molecule has 212 valence electrons. The Labute approximate surface area is 244 Å². The van der Waals surface area contributed by atoms with E-state index < -0.39 is 6.04 Å². The zero-order valence-corrected chi connectivity index (χ0v) is 23.6. The van der Waals surface area contributed by atoms with Crippen LogP contribution in [0.4, 0.5) is 5.69 Å². The molecule has 1 atom stereocenters. The number of hydrogen-bond donors (Lipinski definition) is 1. The smallest absolute Gasteiger partial charge is 0.254 e. The van der Waals surface area contributed by atoms with Crippen molar-refractivity contribution >= 4 is 45.0 Å². The van der Waals surface area contributed by atoms with Gasteiger partial charge in [-0.1, -0.05) is 41.6 Å². The fourth-order valence-corrected chi connectivity index (χ4v) is 5.53. The minimum absolute atomic E-state index is 0.211. The zero-order chi connectivity index (χ0) is 29.1. The zero-order valence-electron chi connectivity index (χ0n) is 23.6. The summed E-state index contributed by atoms with van der Waals surface area (Å²) in [7, 11) is 0. The topological polar surface area (TPSA) is 85.2 Å². The fourth-order valence-electron chi connectivity index (χ4n) is 5.53. The lowest BCUT2D eigenvalue weighted by atomic mass is 10.1. The maximum atomic E-state index is 13.7. The van der Waals surface area contributed by atoms with E-state index in [0.29, 0.717) is 41.5 Å². The summed E-state index contributed by atoms with van der Waals surface area (Å²) in [6.45, 7) is 5.43. The van der Waals surface area contributed by atoms with Gasteiger partial charge in [0, 0.05) is 46.0 Å². The summed E-state index contributed by atoms with van der Waals surface area (Å²) in [5, 5.41) is 9.44. The average Bonchev–Trinajstić information content (AvgIpc) is 3.60. The third kappa shape index (κ3) is 5.31. The number of nitrogens with one attached hydrogen (secondary N) is 1. The van der Waals surface area contributed by atoms with Crippen molar-refractivity contribution in [2.24, 2.45) is 5.16 Å². The van der Waals surface area contributed by atoms with Crippen molar-refractivity contribution < 1.29 is 19.2 Å². The second kappa shape index (κ2) is 11.8. The van der Waals surface area contributed by atoms with Crippen molar-refractivity contribution in [3.05, 3.63) is 103 Å². The van der Waals surface area contributed by atoms with Gasteiger partial charge in [0.2, 0.25) is 5.91 Å². The summed E-state index contributed by atoms with van der Waals surface area (Å²) < 4.78 is 8.13. The van der Waals surface area contributed by atoms with Crippen LogP contribution in [-0.4, -0.2) is 46.2 Å². The van der Waals surface area contributed by atoms with E-state index in [1.54, 1.807) is 29.2 Å². The molecule has 1 N–H and O–H groups in total. The minimum Gasteiger partial charge on any atom is -0.457 e. The van der Waals surface area contributed by atoms with Crippen LogP contribution in [0, 0.1) is 0 Å². The second-order valence-corrected chi connectivity index (χ2v) is 10.2. The third-order valence-electron chi connectivity index (χ3n) is 7.48. The van der Waals surface area contributed by atoms with Crippen LogP contribution in [-0.2, 0) is 16.2 Å². The van der Waals surface area contributed by atoms with Crippen LogP contribution in [0.3, 0.4) is 0 Å². The van der Waals surface area contributed by atoms with Gasteiger partial charge in [-0.25, -0.2) is 0 Å². The van der Waals surface area contributed by atoms with Crippen LogP contribution in [0.1, 0.15) is 30.6 Å². The first-order chi connectivity index (χ1) is 20.6. The van der Waals surface area contributed by atoms with Gasteiger partial charge < -0.3 is 24.4 Å². The molecule has 0 saturated carbocycles. The van der Waals surface area contributed by atoms with Crippen molar-refractivity contribution in [3.63, 3.8) is 0 Å². The number of carbonyl (C=O) groups is 2. The van der Waals surface area contributed by atoms with Crippen molar-refractivity contribution in [1.29, 1.82) is 0 Å². The van der Waals surface area contributed by atoms with E-state index in [9.17, 15) is 9.59 Å². The molecule has 42 heavy (non-hydrogen) atoms. The second-order valence-electron chi connectivity index (χ2n) is 10.2. The highest BCUT2D eigenvalue weighted by Gasteiger charge is 2.38. The molecule has 8 heteroatoms. The van der Waals surface area contributed by atoms with Crippen molar-refractivity contribution in [3.8, 4) is 11.5 Å². The predicted octanol–water partition coefficient (Wildman–Crippen LogP) is 6.85. The SMILES string of the molecule is CCON=C1C[C@@H](C(=O)Nc2ccc3c(c2)c2ccccc2n3CC)N(C(=O)c2ccc(Oc3ccccc3)cc2)C1. The largest absolute Gasteiger partial charge is 0.457 e. The molecule has 8 nitrogen and oxygen atoms in total. The Balaban J connectivity index is 1.24. The van der Waals surface area contributed by atoms with Gasteiger partial charge in [0.15, 0.2) is 0 Å². The number of amides is 2.